The zero-order valence-electron chi connectivity index (χ0n) is 8.70. The number of phenolic OH excluding ortho intramolecular Hbond substituents is 1. The molecule has 0 bridgehead atoms. The van der Waals surface area contributed by atoms with Crippen LogP contribution in [0, 0.1) is 5.92 Å². The maximum absolute atomic E-state index is 11.3. The summed E-state index contributed by atoms with van der Waals surface area (Å²) >= 11 is 0. The van der Waals surface area contributed by atoms with E-state index in [-0.39, 0.29) is 23.2 Å². The number of hydrogen-bond acceptors (Lipinski definition) is 4. The van der Waals surface area contributed by atoms with Gasteiger partial charge in [0, 0.05) is 5.92 Å². The van der Waals surface area contributed by atoms with E-state index >= 15 is 0 Å². The number of rotatable bonds is 2. The van der Waals surface area contributed by atoms with Crippen molar-refractivity contribution in [3.05, 3.63) is 29.8 Å². The van der Waals surface area contributed by atoms with Crippen LogP contribution in [-0.4, -0.2) is 30.1 Å². The van der Waals surface area contributed by atoms with E-state index in [1.54, 1.807) is 12.1 Å². The monoisotopic (exact) mass is 242 g/mol. The molecule has 2 unspecified atom stereocenters. The fourth-order valence-corrected chi connectivity index (χ4v) is 3.88. The van der Waals surface area contributed by atoms with Crippen molar-refractivity contribution >= 4 is 9.84 Å². The second-order valence-electron chi connectivity index (χ2n) is 4.20. The molecule has 5 heteroatoms. The van der Waals surface area contributed by atoms with Gasteiger partial charge in [0.1, 0.15) is 5.75 Å². The minimum atomic E-state index is -2.98. The van der Waals surface area contributed by atoms with E-state index in [2.05, 4.69) is 0 Å². The van der Waals surface area contributed by atoms with Gasteiger partial charge in [0.15, 0.2) is 9.84 Å². The van der Waals surface area contributed by atoms with Crippen LogP contribution in [0.5, 0.6) is 5.75 Å². The molecular weight excluding hydrogens is 228 g/mol. The van der Waals surface area contributed by atoms with Crippen LogP contribution in [0.1, 0.15) is 18.1 Å². The Morgan fingerprint density at radius 3 is 2.69 bits per heavy atom. The molecule has 4 nitrogen and oxygen atoms in total. The summed E-state index contributed by atoms with van der Waals surface area (Å²) in [5, 5.41) is 19.3. The molecule has 2 atom stereocenters. The number of sulfone groups is 1. The quantitative estimate of drug-likeness (QED) is 0.806. The summed E-state index contributed by atoms with van der Waals surface area (Å²) in [7, 11) is -2.98. The van der Waals surface area contributed by atoms with Gasteiger partial charge in [0.05, 0.1) is 17.6 Å². The largest absolute Gasteiger partial charge is 0.508 e. The van der Waals surface area contributed by atoms with Crippen LogP contribution < -0.4 is 0 Å². The molecule has 1 heterocycles. The van der Waals surface area contributed by atoms with E-state index in [1.807, 2.05) is 0 Å². The number of hydrogen-bond donors (Lipinski definition) is 2. The molecule has 88 valence electrons. The van der Waals surface area contributed by atoms with Crippen LogP contribution in [0.4, 0.5) is 0 Å². The molecule has 1 aromatic rings. The molecule has 1 fully saturated rings. The SMILES string of the molecule is O=S1(=O)CCC(C(O)c2cccc(O)c2)C1. The summed E-state index contributed by atoms with van der Waals surface area (Å²) in [6.45, 7) is 0. The number of benzene rings is 1. The molecule has 1 aliphatic rings. The molecule has 0 saturated carbocycles. The third-order valence-electron chi connectivity index (χ3n) is 2.93. The molecule has 1 aromatic carbocycles. The summed E-state index contributed by atoms with van der Waals surface area (Å²) < 4.78 is 22.6. The van der Waals surface area contributed by atoms with Gasteiger partial charge >= 0.3 is 0 Å². The lowest BCUT2D eigenvalue weighted by Gasteiger charge is -2.16. The summed E-state index contributed by atoms with van der Waals surface area (Å²) in [5.41, 5.74) is 0.571. The lowest BCUT2D eigenvalue weighted by atomic mass is 9.95. The highest BCUT2D eigenvalue weighted by Crippen LogP contribution is 2.32. The van der Waals surface area contributed by atoms with E-state index in [0.29, 0.717) is 12.0 Å². The van der Waals surface area contributed by atoms with Crippen molar-refractivity contribution in [1.29, 1.82) is 0 Å². The smallest absolute Gasteiger partial charge is 0.150 e. The summed E-state index contributed by atoms with van der Waals surface area (Å²) in [4.78, 5) is 0. The third kappa shape index (κ3) is 2.36. The van der Waals surface area contributed by atoms with Gasteiger partial charge in [-0.05, 0) is 24.1 Å². The first-order valence-electron chi connectivity index (χ1n) is 5.15. The van der Waals surface area contributed by atoms with Crippen LogP contribution in [0.15, 0.2) is 24.3 Å². The summed E-state index contributed by atoms with van der Waals surface area (Å²) in [6, 6.07) is 6.31. The van der Waals surface area contributed by atoms with Crippen molar-refractivity contribution in [2.24, 2.45) is 5.92 Å². The van der Waals surface area contributed by atoms with Gasteiger partial charge < -0.3 is 10.2 Å². The maximum Gasteiger partial charge on any atom is 0.150 e. The Hall–Kier alpha value is -1.07. The predicted molar refractivity (Wildman–Crippen MR) is 59.8 cm³/mol. The summed E-state index contributed by atoms with van der Waals surface area (Å²) in [6.07, 6.45) is -0.330. The fraction of sp³-hybridized carbons (Fsp3) is 0.455. The fourth-order valence-electron chi connectivity index (χ4n) is 2.05. The molecule has 0 radical (unpaired) electrons. The van der Waals surface area contributed by atoms with Gasteiger partial charge in [-0.15, -0.1) is 0 Å². The molecule has 16 heavy (non-hydrogen) atoms. The Morgan fingerprint density at radius 1 is 1.38 bits per heavy atom. The standard InChI is InChI=1S/C11H14O4S/c12-10-3-1-2-8(6-10)11(13)9-4-5-16(14,15)7-9/h1-3,6,9,11-13H,4-5,7H2. The Kier molecular flexibility index (Phi) is 2.90. The first-order chi connectivity index (χ1) is 7.48. The second-order valence-corrected chi connectivity index (χ2v) is 6.43. The van der Waals surface area contributed by atoms with Crippen LogP contribution in [-0.2, 0) is 9.84 Å². The molecule has 0 amide bonds. The lowest BCUT2D eigenvalue weighted by molar-refractivity contribution is 0.121. The van der Waals surface area contributed by atoms with Crippen molar-refractivity contribution in [3.8, 4) is 5.75 Å². The molecular formula is C11H14O4S. The molecule has 0 aromatic heterocycles. The highest BCUT2D eigenvalue weighted by atomic mass is 32.2. The van der Waals surface area contributed by atoms with Crippen LogP contribution in [0.3, 0.4) is 0 Å². The van der Waals surface area contributed by atoms with Crippen LogP contribution in [0.25, 0.3) is 0 Å². The zero-order chi connectivity index (χ0) is 11.8. The number of aromatic hydroxyl groups is 1. The molecule has 2 rings (SSSR count). The van der Waals surface area contributed by atoms with Crippen molar-refractivity contribution in [1.82, 2.24) is 0 Å². The van der Waals surface area contributed by atoms with E-state index in [1.165, 1.54) is 12.1 Å². The van der Waals surface area contributed by atoms with Gasteiger partial charge in [-0.1, -0.05) is 12.1 Å². The van der Waals surface area contributed by atoms with E-state index < -0.39 is 15.9 Å². The van der Waals surface area contributed by atoms with Crippen LogP contribution >= 0.6 is 0 Å². The summed E-state index contributed by atoms with van der Waals surface area (Å²) in [5.74, 6) is 0.00128. The lowest BCUT2D eigenvalue weighted by Crippen LogP contribution is -2.14. The van der Waals surface area contributed by atoms with Gasteiger partial charge in [0.2, 0.25) is 0 Å². The first-order valence-corrected chi connectivity index (χ1v) is 6.97. The average molecular weight is 242 g/mol. The zero-order valence-corrected chi connectivity index (χ0v) is 9.52. The van der Waals surface area contributed by atoms with E-state index in [4.69, 9.17) is 0 Å². The Labute approximate surface area is 94.5 Å². The van der Waals surface area contributed by atoms with E-state index in [0.717, 1.165) is 0 Å². The molecule has 1 aliphatic heterocycles. The van der Waals surface area contributed by atoms with Crippen molar-refractivity contribution in [2.75, 3.05) is 11.5 Å². The number of phenols is 1. The number of aliphatic hydroxyl groups is 1. The Morgan fingerprint density at radius 2 is 2.12 bits per heavy atom. The second kappa shape index (κ2) is 4.07. The van der Waals surface area contributed by atoms with Crippen molar-refractivity contribution in [3.63, 3.8) is 0 Å². The Bertz CT molecular complexity index is 481. The highest BCUT2D eigenvalue weighted by Gasteiger charge is 2.33. The highest BCUT2D eigenvalue weighted by molar-refractivity contribution is 7.91. The maximum atomic E-state index is 11.3. The third-order valence-corrected chi connectivity index (χ3v) is 4.72. The minimum absolute atomic E-state index is 0.0316. The molecule has 0 spiro atoms. The predicted octanol–water partition coefficient (Wildman–Crippen LogP) is 0.860. The topological polar surface area (TPSA) is 74.6 Å². The Balaban J connectivity index is 2.17. The average Bonchev–Trinajstić information content (AvgIpc) is 2.58. The van der Waals surface area contributed by atoms with Crippen LogP contribution in [0.2, 0.25) is 0 Å². The van der Waals surface area contributed by atoms with Gasteiger partial charge in [-0.2, -0.15) is 0 Å². The van der Waals surface area contributed by atoms with Crippen molar-refractivity contribution in [2.45, 2.75) is 12.5 Å². The van der Waals surface area contributed by atoms with Gasteiger partial charge in [-0.3, -0.25) is 0 Å². The molecule has 0 aliphatic carbocycles. The van der Waals surface area contributed by atoms with Gasteiger partial charge in [0.25, 0.3) is 0 Å². The van der Waals surface area contributed by atoms with Crippen molar-refractivity contribution < 1.29 is 18.6 Å². The van der Waals surface area contributed by atoms with Gasteiger partial charge in [-0.25, -0.2) is 8.42 Å². The number of aliphatic hydroxyl groups excluding tert-OH is 1. The molecule has 1 saturated heterocycles. The minimum Gasteiger partial charge on any atom is -0.508 e. The van der Waals surface area contributed by atoms with E-state index in [9.17, 15) is 18.6 Å². The first kappa shape index (κ1) is 11.4. The molecule has 2 N–H and O–H groups in total. The normalized spacial score (nSPS) is 25.4.